The van der Waals surface area contributed by atoms with Gasteiger partial charge in [-0.15, -0.1) is 11.3 Å². The van der Waals surface area contributed by atoms with Crippen LogP contribution in [-0.4, -0.2) is 24.2 Å². The minimum absolute atomic E-state index is 0.129. The summed E-state index contributed by atoms with van der Waals surface area (Å²) in [5, 5.41) is 10.1. The van der Waals surface area contributed by atoms with E-state index in [0.29, 0.717) is 0 Å². The van der Waals surface area contributed by atoms with Gasteiger partial charge in [-0.1, -0.05) is 12.1 Å². The highest BCUT2D eigenvalue weighted by molar-refractivity contribution is 7.09. The molecule has 0 aliphatic carbocycles. The van der Waals surface area contributed by atoms with Gasteiger partial charge in [0.25, 0.3) is 0 Å². The smallest absolute Gasteiger partial charge is 0.142 e. The van der Waals surface area contributed by atoms with E-state index in [1.807, 2.05) is 35.8 Å². The van der Waals surface area contributed by atoms with Gasteiger partial charge in [0.15, 0.2) is 0 Å². The molecular formula is C15H19N3OS. The highest BCUT2D eigenvalue weighted by Crippen LogP contribution is 2.28. The summed E-state index contributed by atoms with van der Waals surface area (Å²) < 4.78 is 6.00. The summed E-state index contributed by atoms with van der Waals surface area (Å²) in [5.41, 5.74) is 0.942. The first-order chi connectivity index (χ1) is 9.65. The van der Waals surface area contributed by atoms with Crippen molar-refractivity contribution >= 4 is 17.0 Å². The number of nitrogens with zero attached hydrogens (tertiary/aromatic N) is 1. The molecule has 2 N–H and O–H groups in total. The molecule has 1 aliphatic rings. The Hall–Kier alpha value is -1.59. The summed E-state index contributed by atoms with van der Waals surface area (Å²) >= 11 is 1.67. The van der Waals surface area contributed by atoms with Crippen molar-refractivity contribution in [2.45, 2.75) is 25.5 Å². The number of para-hydroxylation sites is 2. The number of benzene rings is 1. The first-order valence-electron chi connectivity index (χ1n) is 6.80. The van der Waals surface area contributed by atoms with Crippen molar-refractivity contribution in [2.75, 3.05) is 18.4 Å². The molecule has 1 unspecified atom stereocenters. The van der Waals surface area contributed by atoms with Crippen LogP contribution in [0.3, 0.4) is 0 Å². The topological polar surface area (TPSA) is 46.2 Å². The Morgan fingerprint density at radius 3 is 3.10 bits per heavy atom. The molecule has 0 spiro atoms. The lowest BCUT2D eigenvalue weighted by molar-refractivity contribution is 0.187. The Bertz CT molecular complexity index is 568. The van der Waals surface area contributed by atoms with Crippen LogP contribution in [0, 0.1) is 0 Å². The van der Waals surface area contributed by atoms with Crippen molar-refractivity contribution in [3.63, 3.8) is 0 Å². The zero-order valence-corrected chi connectivity index (χ0v) is 12.5. The Morgan fingerprint density at radius 1 is 1.45 bits per heavy atom. The number of hydrogen-bond acceptors (Lipinski definition) is 5. The second-order valence-electron chi connectivity index (χ2n) is 5.46. The highest BCUT2D eigenvalue weighted by Gasteiger charge is 2.26. The summed E-state index contributed by atoms with van der Waals surface area (Å²) in [4.78, 5) is 4.39. The zero-order chi connectivity index (χ0) is 14.0. The third kappa shape index (κ3) is 2.78. The minimum atomic E-state index is -0.130. The number of anilines is 1. The van der Waals surface area contributed by atoms with Gasteiger partial charge in [-0.2, -0.15) is 0 Å². The minimum Gasteiger partial charge on any atom is -0.485 e. The maximum absolute atomic E-state index is 6.00. The monoisotopic (exact) mass is 289 g/mol. The molecule has 1 atom stereocenters. The third-order valence-corrected chi connectivity index (χ3v) is 4.54. The molecule has 20 heavy (non-hydrogen) atoms. The Labute approximate surface area is 123 Å². The first kappa shape index (κ1) is 13.4. The van der Waals surface area contributed by atoms with Crippen LogP contribution in [-0.2, 0) is 5.54 Å². The van der Waals surface area contributed by atoms with Crippen LogP contribution < -0.4 is 15.4 Å². The van der Waals surface area contributed by atoms with Crippen LogP contribution in [0.25, 0.3) is 0 Å². The molecule has 1 aliphatic heterocycles. The van der Waals surface area contributed by atoms with Gasteiger partial charge in [0.1, 0.15) is 16.9 Å². The predicted octanol–water partition coefficient (Wildman–Crippen LogP) is 2.84. The molecule has 2 heterocycles. The number of nitrogens with one attached hydrogen (secondary N) is 2. The number of ether oxygens (including phenoxy) is 1. The Morgan fingerprint density at radius 2 is 2.30 bits per heavy atom. The quantitative estimate of drug-likeness (QED) is 0.908. The maximum atomic E-state index is 6.00. The summed E-state index contributed by atoms with van der Waals surface area (Å²) in [6, 6.07) is 8.05. The number of fused-ring (bicyclic) bond motifs is 1. The van der Waals surface area contributed by atoms with E-state index in [0.717, 1.165) is 29.5 Å². The fourth-order valence-electron chi connectivity index (χ4n) is 2.25. The van der Waals surface area contributed by atoms with E-state index >= 15 is 0 Å². The fraction of sp³-hybridized carbons (Fsp3) is 0.400. The van der Waals surface area contributed by atoms with Crippen LogP contribution in [0.15, 0.2) is 35.8 Å². The molecule has 106 valence electrons. The number of rotatable bonds is 4. The molecule has 1 aromatic carbocycles. The molecule has 0 saturated heterocycles. The van der Waals surface area contributed by atoms with E-state index in [1.54, 1.807) is 11.3 Å². The van der Waals surface area contributed by atoms with Gasteiger partial charge in [-0.3, -0.25) is 0 Å². The summed E-state index contributed by atoms with van der Waals surface area (Å²) in [6.07, 6.45) is 1.97. The van der Waals surface area contributed by atoms with Gasteiger partial charge in [-0.25, -0.2) is 4.98 Å². The lowest BCUT2D eigenvalue weighted by atomic mass is 10.1. The van der Waals surface area contributed by atoms with Crippen molar-refractivity contribution in [1.82, 2.24) is 10.3 Å². The van der Waals surface area contributed by atoms with Crippen LogP contribution in [0.1, 0.15) is 18.9 Å². The molecule has 0 amide bonds. The van der Waals surface area contributed by atoms with E-state index in [9.17, 15) is 0 Å². The van der Waals surface area contributed by atoms with Crippen molar-refractivity contribution in [2.24, 2.45) is 0 Å². The molecule has 0 radical (unpaired) electrons. The second kappa shape index (κ2) is 5.42. The van der Waals surface area contributed by atoms with Crippen molar-refractivity contribution < 1.29 is 4.74 Å². The highest BCUT2D eigenvalue weighted by atomic mass is 32.1. The summed E-state index contributed by atoms with van der Waals surface area (Å²) in [6.45, 7) is 5.90. The van der Waals surface area contributed by atoms with E-state index in [2.05, 4.69) is 29.5 Å². The van der Waals surface area contributed by atoms with Gasteiger partial charge < -0.3 is 15.4 Å². The maximum Gasteiger partial charge on any atom is 0.142 e. The van der Waals surface area contributed by atoms with Gasteiger partial charge in [0.05, 0.1) is 17.8 Å². The van der Waals surface area contributed by atoms with Gasteiger partial charge in [0, 0.05) is 18.1 Å². The SMILES string of the molecule is CC(C)(NCC1CNc2ccccc2O1)c1nccs1. The van der Waals surface area contributed by atoms with Crippen LogP contribution in [0.2, 0.25) is 0 Å². The summed E-state index contributed by atoms with van der Waals surface area (Å²) in [7, 11) is 0. The number of hydrogen-bond donors (Lipinski definition) is 2. The average molecular weight is 289 g/mol. The standard InChI is InChI=1S/C15H19N3OS/c1-15(2,14-16-7-8-20-14)18-10-11-9-17-12-5-3-4-6-13(12)19-11/h3-8,11,17-18H,9-10H2,1-2H3. The first-order valence-corrected chi connectivity index (χ1v) is 7.68. The van der Waals surface area contributed by atoms with Crippen molar-refractivity contribution in [3.8, 4) is 5.75 Å². The Kier molecular flexibility index (Phi) is 3.63. The van der Waals surface area contributed by atoms with Gasteiger partial charge in [0.2, 0.25) is 0 Å². The van der Waals surface area contributed by atoms with E-state index in [1.165, 1.54) is 0 Å². The normalized spacial score (nSPS) is 18.0. The third-order valence-electron chi connectivity index (χ3n) is 3.44. The number of thiazole rings is 1. The van der Waals surface area contributed by atoms with E-state index in [-0.39, 0.29) is 11.6 Å². The molecule has 0 saturated carbocycles. The molecule has 1 aromatic heterocycles. The largest absolute Gasteiger partial charge is 0.485 e. The summed E-state index contributed by atoms with van der Waals surface area (Å²) in [5.74, 6) is 0.928. The predicted molar refractivity (Wildman–Crippen MR) is 82.5 cm³/mol. The van der Waals surface area contributed by atoms with Gasteiger partial charge in [-0.05, 0) is 26.0 Å². The lowest BCUT2D eigenvalue weighted by Crippen LogP contribution is -2.46. The molecule has 5 heteroatoms. The Balaban J connectivity index is 1.60. The average Bonchev–Trinajstić information content (AvgIpc) is 3.00. The van der Waals surface area contributed by atoms with Crippen molar-refractivity contribution in [1.29, 1.82) is 0 Å². The number of aromatic nitrogens is 1. The molecule has 3 rings (SSSR count). The molecule has 2 aromatic rings. The van der Waals surface area contributed by atoms with E-state index in [4.69, 9.17) is 4.74 Å². The molecular weight excluding hydrogens is 270 g/mol. The lowest BCUT2D eigenvalue weighted by Gasteiger charge is -2.31. The second-order valence-corrected chi connectivity index (χ2v) is 6.35. The molecule has 0 bridgehead atoms. The van der Waals surface area contributed by atoms with Crippen LogP contribution in [0.4, 0.5) is 5.69 Å². The molecule has 4 nitrogen and oxygen atoms in total. The van der Waals surface area contributed by atoms with Crippen molar-refractivity contribution in [3.05, 3.63) is 40.8 Å². The van der Waals surface area contributed by atoms with Crippen LogP contribution >= 0.6 is 11.3 Å². The van der Waals surface area contributed by atoms with Gasteiger partial charge >= 0.3 is 0 Å². The fourth-order valence-corrected chi connectivity index (χ4v) is 2.99. The molecule has 0 fully saturated rings. The zero-order valence-electron chi connectivity index (χ0n) is 11.7. The van der Waals surface area contributed by atoms with E-state index < -0.39 is 0 Å². The van der Waals surface area contributed by atoms with Crippen LogP contribution in [0.5, 0.6) is 5.75 Å².